The molecule has 3 heterocycles. The second-order valence-corrected chi connectivity index (χ2v) is 6.41. The summed E-state index contributed by atoms with van der Waals surface area (Å²) in [5.41, 5.74) is 0.938. The fraction of sp³-hybridized carbons (Fsp3) is 0.706. The van der Waals surface area contributed by atoms with Crippen LogP contribution in [0.4, 0.5) is 5.82 Å². The van der Waals surface area contributed by atoms with Crippen LogP contribution in [0.25, 0.3) is 11.0 Å². The summed E-state index contributed by atoms with van der Waals surface area (Å²) in [6.07, 6.45) is 7.65. The molecule has 0 bridgehead atoms. The van der Waals surface area contributed by atoms with Gasteiger partial charge in [-0.15, -0.1) is 0 Å². The van der Waals surface area contributed by atoms with E-state index in [0.29, 0.717) is 0 Å². The van der Waals surface area contributed by atoms with E-state index in [0.717, 1.165) is 61.1 Å². The van der Waals surface area contributed by atoms with Gasteiger partial charge in [0.1, 0.15) is 11.6 Å². The van der Waals surface area contributed by atoms with Crippen molar-refractivity contribution in [2.75, 3.05) is 31.7 Å². The van der Waals surface area contributed by atoms with Gasteiger partial charge >= 0.3 is 0 Å². The summed E-state index contributed by atoms with van der Waals surface area (Å²) in [4.78, 5) is 11.9. The second-order valence-electron chi connectivity index (χ2n) is 6.41. The number of nitrogens with zero attached hydrogens (tertiary/aromatic N) is 5. The van der Waals surface area contributed by atoms with Crippen LogP contribution in [0.1, 0.15) is 38.4 Å². The lowest BCUT2D eigenvalue weighted by molar-refractivity contribution is 0.184. The van der Waals surface area contributed by atoms with E-state index in [-0.39, 0.29) is 0 Å². The van der Waals surface area contributed by atoms with Gasteiger partial charge in [-0.3, -0.25) is 4.68 Å². The molecule has 6 nitrogen and oxygen atoms in total. The van der Waals surface area contributed by atoms with Crippen LogP contribution < -0.4 is 4.90 Å². The maximum absolute atomic E-state index is 5.19. The van der Waals surface area contributed by atoms with Crippen LogP contribution in [0.2, 0.25) is 0 Å². The van der Waals surface area contributed by atoms with Gasteiger partial charge in [-0.05, 0) is 31.6 Å². The van der Waals surface area contributed by atoms with Crippen LogP contribution in [0, 0.1) is 5.92 Å². The smallest absolute Gasteiger partial charge is 0.163 e. The van der Waals surface area contributed by atoms with Crippen LogP contribution in [0.3, 0.4) is 0 Å². The van der Waals surface area contributed by atoms with Crippen molar-refractivity contribution in [3.63, 3.8) is 0 Å². The summed E-state index contributed by atoms with van der Waals surface area (Å²) in [6.45, 7) is 5.11. The molecule has 0 spiro atoms. The highest BCUT2D eigenvalue weighted by Crippen LogP contribution is 2.29. The first-order chi connectivity index (χ1) is 11.2. The van der Waals surface area contributed by atoms with E-state index >= 15 is 0 Å². The van der Waals surface area contributed by atoms with Crippen molar-refractivity contribution >= 4 is 16.9 Å². The molecule has 1 saturated heterocycles. The molecule has 1 atom stereocenters. The summed E-state index contributed by atoms with van der Waals surface area (Å²) in [5, 5.41) is 5.45. The Hall–Kier alpha value is -1.69. The van der Waals surface area contributed by atoms with Crippen LogP contribution in [-0.2, 0) is 18.2 Å². The Labute approximate surface area is 137 Å². The normalized spacial score (nSPS) is 18.7. The van der Waals surface area contributed by atoms with Crippen molar-refractivity contribution in [3.05, 3.63) is 12.0 Å². The largest absolute Gasteiger partial charge is 0.385 e. The maximum Gasteiger partial charge on any atom is 0.163 e. The lowest BCUT2D eigenvalue weighted by atomic mass is 9.93. The van der Waals surface area contributed by atoms with Crippen LogP contribution in [-0.4, -0.2) is 46.6 Å². The molecule has 126 valence electrons. The Bertz CT molecular complexity index is 654. The second kappa shape index (κ2) is 7.25. The quantitative estimate of drug-likeness (QED) is 0.767. The Morgan fingerprint density at radius 2 is 2.22 bits per heavy atom. The molecule has 1 fully saturated rings. The highest BCUT2D eigenvalue weighted by molar-refractivity contribution is 5.87. The number of methoxy groups -OCH3 is 1. The zero-order chi connectivity index (χ0) is 16.2. The molecule has 0 radical (unpaired) electrons. The first kappa shape index (κ1) is 16.2. The van der Waals surface area contributed by atoms with Gasteiger partial charge in [-0.2, -0.15) is 5.10 Å². The third kappa shape index (κ3) is 3.47. The Morgan fingerprint density at radius 1 is 1.35 bits per heavy atom. The van der Waals surface area contributed by atoms with Gasteiger partial charge in [0, 0.05) is 40.3 Å². The van der Waals surface area contributed by atoms with Crippen molar-refractivity contribution in [2.45, 2.75) is 39.0 Å². The molecular formula is C17H27N5O. The zero-order valence-corrected chi connectivity index (χ0v) is 14.5. The molecular weight excluding hydrogens is 290 g/mol. The van der Waals surface area contributed by atoms with E-state index in [1.54, 1.807) is 7.11 Å². The fourth-order valence-electron chi connectivity index (χ4n) is 3.46. The number of hydrogen-bond donors (Lipinski definition) is 0. The molecule has 0 aromatic carbocycles. The van der Waals surface area contributed by atoms with Gasteiger partial charge in [0.05, 0.1) is 11.6 Å². The predicted molar refractivity (Wildman–Crippen MR) is 91.7 cm³/mol. The molecule has 2 aromatic rings. The Morgan fingerprint density at radius 3 is 3.00 bits per heavy atom. The molecule has 6 heteroatoms. The molecule has 1 aliphatic heterocycles. The van der Waals surface area contributed by atoms with Gasteiger partial charge in [0.15, 0.2) is 5.65 Å². The molecule has 2 aromatic heterocycles. The third-order valence-electron chi connectivity index (χ3n) is 4.71. The molecule has 0 aliphatic carbocycles. The highest BCUT2D eigenvalue weighted by atomic mass is 16.5. The average molecular weight is 317 g/mol. The standard InChI is InChI=1S/C17H27N5O/c1-4-15-19-16-14(11-18-21(16)2)17(20-15)22-9-5-7-13(12-22)8-6-10-23-3/h11,13H,4-10,12H2,1-3H3/t13-/m1/s1. The summed E-state index contributed by atoms with van der Waals surface area (Å²) in [6, 6.07) is 0. The number of piperidine rings is 1. The number of ether oxygens (including phenoxy) is 1. The van der Waals surface area contributed by atoms with Gasteiger partial charge < -0.3 is 9.64 Å². The average Bonchev–Trinajstić information content (AvgIpc) is 2.96. The number of anilines is 1. The number of hydrogen-bond acceptors (Lipinski definition) is 5. The van der Waals surface area contributed by atoms with Crippen molar-refractivity contribution in [3.8, 4) is 0 Å². The predicted octanol–water partition coefficient (Wildman–Crippen LogP) is 2.57. The SMILES string of the molecule is CCc1nc(N2CCC[C@H](CCCOC)C2)c2cnn(C)c2n1. The molecule has 23 heavy (non-hydrogen) atoms. The summed E-state index contributed by atoms with van der Waals surface area (Å²) < 4.78 is 7.04. The van der Waals surface area contributed by atoms with Gasteiger partial charge in [0.2, 0.25) is 0 Å². The van der Waals surface area contributed by atoms with E-state index in [4.69, 9.17) is 9.72 Å². The molecule has 0 amide bonds. The molecule has 0 saturated carbocycles. The van der Waals surface area contributed by atoms with E-state index in [1.165, 1.54) is 19.3 Å². The number of aromatic nitrogens is 4. The van der Waals surface area contributed by atoms with E-state index < -0.39 is 0 Å². The molecule has 0 unspecified atom stereocenters. The number of rotatable bonds is 6. The minimum Gasteiger partial charge on any atom is -0.385 e. The van der Waals surface area contributed by atoms with E-state index in [1.807, 2.05) is 17.9 Å². The summed E-state index contributed by atoms with van der Waals surface area (Å²) in [7, 11) is 3.72. The van der Waals surface area contributed by atoms with Crippen molar-refractivity contribution in [2.24, 2.45) is 13.0 Å². The number of aryl methyl sites for hydroxylation is 2. The topological polar surface area (TPSA) is 56.1 Å². The van der Waals surface area contributed by atoms with E-state index in [9.17, 15) is 0 Å². The lowest BCUT2D eigenvalue weighted by Gasteiger charge is -2.34. The lowest BCUT2D eigenvalue weighted by Crippen LogP contribution is -2.36. The van der Waals surface area contributed by atoms with E-state index in [2.05, 4.69) is 21.9 Å². The summed E-state index contributed by atoms with van der Waals surface area (Å²) >= 11 is 0. The van der Waals surface area contributed by atoms with Crippen molar-refractivity contribution in [1.82, 2.24) is 19.7 Å². The van der Waals surface area contributed by atoms with Crippen molar-refractivity contribution in [1.29, 1.82) is 0 Å². The van der Waals surface area contributed by atoms with Gasteiger partial charge in [-0.1, -0.05) is 6.92 Å². The van der Waals surface area contributed by atoms with Gasteiger partial charge in [0.25, 0.3) is 0 Å². The number of fused-ring (bicyclic) bond motifs is 1. The minimum atomic E-state index is 0.727. The first-order valence-electron chi connectivity index (χ1n) is 8.65. The zero-order valence-electron chi connectivity index (χ0n) is 14.5. The fourth-order valence-corrected chi connectivity index (χ4v) is 3.46. The third-order valence-corrected chi connectivity index (χ3v) is 4.71. The maximum atomic E-state index is 5.19. The minimum absolute atomic E-state index is 0.727. The van der Waals surface area contributed by atoms with Crippen LogP contribution in [0.5, 0.6) is 0 Å². The molecule has 3 rings (SSSR count). The Balaban J connectivity index is 1.84. The molecule has 1 aliphatic rings. The Kier molecular flexibility index (Phi) is 5.10. The monoisotopic (exact) mass is 317 g/mol. The van der Waals surface area contributed by atoms with Crippen molar-refractivity contribution < 1.29 is 4.74 Å². The summed E-state index contributed by atoms with van der Waals surface area (Å²) in [5.74, 6) is 2.69. The van der Waals surface area contributed by atoms with Crippen LogP contribution in [0.15, 0.2) is 6.20 Å². The van der Waals surface area contributed by atoms with Gasteiger partial charge in [-0.25, -0.2) is 9.97 Å². The first-order valence-corrected chi connectivity index (χ1v) is 8.65. The highest BCUT2D eigenvalue weighted by Gasteiger charge is 2.23. The van der Waals surface area contributed by atoms with Crippen LogP contribution >= 0.6 is 0 Å². The molecule has 0 N–H and O–H groups in total.